The molecule has 0 unspecified atom stereocenters. The van der Waals surface area contributed by atoms with Crippen molar-refractivity contribution in [2.75, 3.05) is 20.1 Å². The van der Waals surface area contributed by atoms with Gasteiger partial charge in [0.15, 0.2) is 5.96 Å². The van der Waals surface area contributed by atoms with Crippen LogP contribution in [0.4, 0.5) is 4.39 Å². The van der Waals surface area contributed by atoms with Crippen molar-refractivity contribution < 1.29 is 4.39 Å². The van der Waals surface area contributed by atoms with Gasteiger partial charge in [-0.15, -0.1) is 0 Å². The van der Waals surface area contributed by atoms with E-state index >= 15 is 0 Å². The maximum Gasteiger partial charge on any atom is 0.191 e. The first-order valence-electron chi connectivity index (χ1n) is 9.31. The first-order chi connectivity index (χ1) is 13.1. The van der Waals surface area contributed by atoms with E-state index in [2.05, 4.69) is 66.8 Å². The molecule has 0 radical (unpaired) electrons. The minimum absolute atomic E-state index is 0.213. The zero-order chi connectivity index (χ0) is 19.1. The topological polar surface area (TPSA) is 39.7 Å². The molecule has 0 amide bonds. The van der Waals surface area contributed by atoms with E-state index in [-0.39, 0.29) is 5.82 Å². The second-order valence-corrected chi connectivity index (χ2v) is 7.76. The molecule has 0 bridgehead atoms. The Balaban J connectivity index is 1.45. The van der Waals surface area contributed by atoms with Gasteiger partial charge in [-0.1, -0.05) is 46.3 Å². The molecule has 1 aliphatic rings. The first-order valence-corrected chi connectivity index (χ1v) is 10.1. The molecule has 3 rings (SSSR count). The Labute approximate surface area is 169 Å². The fourth-order valence-corrected chi connectivity index (χ4v) is 3.73. The van der Waals surface area contributed by atoms with Gasteiger partial charge in [-0.2, -0.15) is 0 Å². The van der Waals surface area contributed by atoms with Crippen molar-refractivity contribution in [3.05, 3.63) is 69.9 Å². The van der Waals surface area contributed by atoms with Crippen molar-refractivity contribution >= 4 is 21.9 Å². The van der Waals surface area contributed by atoms with Crippen LogP contribution in [-0.4, -0.2) is 37.0 Å². The molecule has 1 fully saturated rings. The van der Waals surface area contributed by atoms with E-state index in [1.165, 1.54) is 11.6 Å². The van der Waals surface area contributed by atoms with Crippen molar-refractivity contribution in [3.63, 3.8) is 0 Å². The molecular formula is C21H26BrFN4. The van der Waals surface area contributed by atoms with Gasteiger partial charge in [0.05, 0.1) is 0 Å². The van der Waals surface area contributed by atoms with Crippen LogP contribution >= 0.6 is 15.9 Å². The third-order valence-corrected chi connectivity index (χ3v) is 5.35. The number of rotatable bonds is 5. The molecule has 27 heavy (non-hydrogen) atoms. The number of likely N-dealkylation sites (tertiary alicyclic amines) is 1. The summed E-state index contributed by atoms with van der Waals surface area (Å²) in [6, 6.07) is 15.9. The highest BCUT2D eigenvalue weighted by Crippen LogP contribution is 2.16. The van der Waals surface area contributed by atoms with Gasteiger partial charge in [0, 0.05) is 49.3 Å². The molecule has 1 aliphatic heterocycles. The Morgan fingerprint density at radius 2 is 1.93 bits per heavy atom. The van der Waals surface area contributed by atoms with E-state index in [1.807, 2.05) is 0 Å². The third-order valence-electron chi connectivity index (χ3n) is 4.86. The van der Waals surface area contributed by atoms with Crippen molar-refractivity contribution in [2.24, 2.45) is 4.99 Å². The Bertz CT molecular complexity index is 758. The number of piperidine rings is 1. The zero-order valence-electron chi connectivity index (χ0n) is 15.6. The van der Waals surface area contributed by atoms with Gasteiger partial charge < -0.3 is 10.6 Å². The van der Waals surface area contributed by atoms with Crippen molar-refractivity contribution in [3.8, 4) is 0 Å². The number of benzene rings is 2. The molecule has 0 aromatic heterocycles. The maximum absolute atomic E-state index is 13.9. The van der Waals surface area contributed by atoms with Gasteiger partial charge in [0.25, 0.3) is 0 Å². The van der Waals surface area contributed by atoms with Crippen LogP contribution in [0.25, 0.3) is 0 Å². The molecule has 0 atom stereocenters. The summed E-state index contributed by atoms with van der Waals surface area (Å²) < 4.78 is 14.7. The highest BCUT2D eigenvalue weighted by molar-refractivity contribution is 9.10. The van der Waals surface area contributed by atoms with Gasteiger partial charge in [0.2, 0.25) is 0 Å². The largest absolute Gasteiger partial charge is 0.354 e. The number of aliphatic imine (C=N–C) groups is 1. The lowest BCUT2D eigenvalue weighted by atomic mass is 10.0. The molecule has 0 spiro atoms. The van der Waals surface area contributed by atoms with Crippen LogP contribution in [0.15, 0.2) is 58.0 Å². The van der Waals surface area contributed by atoms with Gasteiger partial charge >= 0.3 is 0 Å². The molecule has 1 saturated heterocycles. The van der Waals surface area contributed by atoms with Crippen LogP contribution in [0.5, 0.6) is 0 Å². The van der Waals surface area contributed by atoms with Crippen LogP contribution in [0.1, 0.15) is 24.0 Å². The summed E-state index contributed by atoms with van der Waals surface area (Å²) in [5.74, 6) is 0.506. The quantitative estimate of drug-likeness (QED) is 0.555. The predicted molar refractivity (Wildman–Crippen MR) is 112 cm³/mol. The predicted octanol–water partition coefficient (Wildman–Crippen LogP) is 3.92. The van der Waals surface area contributed by atoms with E-state index in [0.29, 0.717) is 18.2 Å². The molecule has 0 aliphatic carbocycles. The highest BCUT2D eigenvalue weighted by atomic mass is 79.9. The van der Waals surface area contributed by atoms with Crippen LogP contribution in [0.2, 0.25) is 0 Å². The highest BCUT2D eigenvalue weighted by Gasteiger charge is 2.20. The molecule has 0 saturated carbocycles. The molecule has 2 aromatic carbocycles. The van der Waals surface area contributed by atoms with Gasteiger partial charge in [0.1, 0.15) is 5.82 Å². The standard InChI is InChI=1S/C21H26BrFN4/c1-24-21(25-14-17-13-18(22)7-8-20(17)23)26-19-9-11-27(12-10-19)15-16-5-3-2-4-6-16/h2-8,13,19H,9-12,14-15H2,1H3,(H2,24,25,26). The summed E-state index contributed by atoms with van der Waals surface area (Å²) >= 11 is 3.38. The molecule has 2 aromatic rings. The van der Waals surface area contributed by atoms with Crippen LogP contribution in [-0.2, 0) is 13.1 Å². The second kappa shape index (κ2) is 9.85. The monoisotopic (exact) mass is 432 g/mol. The summed E-state index contributed by atoms with van der Waals surface area (Å²) in [6.07, 6.45) is 2.14. The summed E-state index contributed by atoms with van der Waals surface area (Å²) in [5, 5.41) is 6.69. The smallest absolute Gasteiger partial charge is 0.191 e. The van der Waals surface area contributed by atoms with E-state index in [0.717, 1.165) is 42.9 Å². The van der Waals surface area contributed by atoms with Crippen LogP contribution in [0.3, 0.4) is 0 Å². The van der Waals surface area contributed by atoms with E-state index in [9.17, 15) is 4.39 Å². The van der Waals surface area contributed by atoms with Crippen molar-refractivity contribution in [2.45, 2.75) is 32.0 Å². The average molecular weight is 433 g/mol. The fourth-order valence-electron chi connectivity index (χ4n) is 3.32. The Kier molecular flexibility index (Phi) is 7.24. The Morgan fingerprint density at radius 3 is 2.63 bits per heavy atom. The molecule has 144 valence electrons. The second-order valence-electron chi connectivity index (χ2n) is 6.84. The minimum atomic E-state index is -0.213. The summed E-state index contributed by atoms with van der Waals surface area (Å²) in [4.78, 5) is 6.77. The molecular weight excluding hydrogens is 407 g/mol. The van der Waals surface area contributed by atoms with Gasteiger partial charge in [-0.25, -0.2) is 4.39 Å². The minimum Gasteiger partial charge on any atom is -0.354 e. The third kappa shape index (κ3) is 6.04. The lowest BCUT2D eigenvalue weighted by Crippen LogP contribution is -2.48. The number of guanidine groups is 1. The number of hydrogen-bond donors (Lipinski definition) is 2. The van der Waals surface area contributed by atoms with E-state index in [4.69, 9.17) is 0 Å². The average Bonchev–Trinajstić information content (AvgIpc) is 2.69. The van der Waals surface area contributed by atoms with Gasteiger partial charge in [-0.05, 0) is 36.6 Å². The van der Waals surface area contributed by atoms with Crippen LogP contribution < -0.4 is 10.6 Å². The number of nitrogens with zero attached hydrogens (tertiary/aromatic N) is 2. The lowest BCUT2D eigenvalue weighted by molar-refractivity contribution is 0.198. The molecule has 6 heteroatoms. The normalized spacial score (nSPS) is 16.3. The van der Waals surface area contributed by atoms with Crippen LogP contribution in [0, 0.1) is 5.82 Å². The number of nitrogens with one attached hydrogen (secondary N) is 2. The fraction of sp³-hybridized carbons (Fsp3) is 0.381. The molecule has 2 N–H and O–H groups in total. The molecule has 4 nitrogen and oxygen atoms in total. The van der Waals surface area contributed by atoms with E-state index < -0.39 is 0 Å². The maximum atomic E-state index is 13.9. The summed E-state index contributed by atoms with van der Waals surface area (Å²) in [5.41, 5.74) is 1.97. The Morgan fingerprint density at radius 1 is 1.19 bits per heavy atom. The van der Waals surface area contributed by atoms with Gasteiger partial charge in [-0.3, -0.25) is 9.89 Å². The first kappa shape index (κ1) is 19.8. The molecule has 1 heterocycles. The zero-order valence-corrected chi connectivity index (χ0v) is 17.2. The summed E-state index contributed by atoms with van der Waals surface area (Å²) in [6.45, 7) is 3.52. The number of halogens is 2. The Hall–Kier alpha value is -1.92. The van der Waals surface area contributed by atoms with Crippen molar-refractivity contribution in [1.29, 1.82) is 0 Å². The van der Waals surface area contributed by atoms with Crippen molar-refractivity contribution in [1.82, 2.24) is 15.5 Å². The number of hydrogen-bond acceptors (Lipinski definition) is 2. The summed E-state index contributed by atoms with van der Waals surface area (Å²) in [7, 11) is 1.75. The lowest BCUT2D eigenvalue weighted by Gasteiger charge is -2.33. The van der Waals surface area contributed by atoms with E-state index in [1.54, 1.807) is 19.2 Å². The SMILES string of the molecule is CN=C(NCc1cc(Br)ccc1F)NC1CCN(Cc2ccccc2)CC1.